The third-order valence-corrected chi connectivity index (χ3v) is 4.43. The van der Waals surface area contributed by atoms with Crippen molar-refractivity contribution < 1.29 is 9.13 Å². The summed E-state index contributed by atoms with van der Waals surface area (Å²) in [6.45, 7) is 2.21. The van der Waals surface area contributed by atoms with Crippen LogP contribution in [0.5, 0.6) is 5.75 Å². The SMILES string of the molecule is COc1ccc(C)cc1NC(=S)Nc1cnn(Cc2c(F)cccc2Cl)c1. The maximum Gasteiger partial charge on any atom is 0.175 e. The Hall–Kier alpha value is -2.64. The van der Waals surface area contributed by atoms with Crippen molar-refractivity contribution in [2.45, 2.75) is 13.5 Å². The maximum absolute atomic E-state index is 13.9. The number of benzene rings is 2. The number of ether oxygens (including phenoxy) is 1. The Morgan fingerprint density at radius 3 is 2.85 bits per heavy atom. The molecule has 0 aliphatic rings. The molecule has 0 atom stereocenters. The van der Waals surface area contributed by atoms with Gasteiger partial charge in [0.25, 0.3) is 0 Å². The van der Waals surface area contributed by atoms with Crippen molar-refractivity contribution in [3.63, 3.8) is 0 Å². The van der Waals surface area contributed by atoms with Gasteiger partial charge in [-0.15, -0.1) is 0 Å². The summed E-state index contributed by atoms with van der Waals surface area (Å²) in [6, 6.07) is 10.4. The molecule has 1 aromatic heterocycles. The highest BCUT2D eigenvalue weighted by Gasteiger charge is 2.10. The molecule has 0 aliphatic carbocycles. The highest BCUT2D eigenvalue weighted by atomic mass is 35.5. The van der Waals surface area contributed by atoms with E-state index in [-0.39, 0.29) is 12.4 Å². The Morgan fingerprint density at radius 2 is 2.11 bits per heavy atom. The van der Waals surface area contributed by atoms with Crippen LogP contribution in [-0.2, 0) is 6.54 Å². The zero-order valence-electron chi connectivity index (χ0n) is 14.8. The van der Waals surface area contributed by atoms with Gasteiger partial charge in [0, 0.05) is 16.8 Å². The molecule has 5 nitrogen and oxygen atoms in total. The molecule has 8 heteroatoms. The molecule has 0 amide bonds. The Balaban J connectivity index is 1.67. The van der Waals surface area contributed by atoms with Crippen LogP contribution in [0, 0.1) is 12.7 Å². The number of aromatic nitrogens is 2. The van der Waals surface area contributed by atoms with Crippen LogP contribution in [0.3, 0.4) is 0 Å². The van der Waals surface area contributed by atoms with Gasteiger partial charge in [-0.05, 0) is 49.0 Å². The van der Waals surface area contributed by atoms with Crippen molar-refractivity contribution in [2.75, 3.05) is 17.7 Å². The first kappa shape index (κ1) is 19.1. The van der Waals surface area contributed by atoms with Crippen LogP contribution >= 0.6 is 23.8 Å². The predicted molar refractivity (Wildman–Crippen MR) is 110 cm³/mol. The van der Waals surface area contributed by atoms with E-state index in [0.717, 1.165) is 11.3 Å². The lowest BCUT2D eigenvalue weighted by Crippen LogP contribution is -2.19. The zero-order chi connectivity index (χ0) is 19.4. The largest absolute Gasteiger partial charge is 0.495 e. The molecular formula is C19H18ClFN4OS. The average Bonchev–Trinajstić information content (AvgIpc) is 3.05. The van der Waals surface area contributed by atoms with Gasteiger partial charge in [0.1, 0.15) is 11.6 Å². The highest BCUT2D eigenvalue weighted by molar-refractivity contribution is 7.80. The summed E-state index contributed by atoms with van der Waals surface area (Å²) < 4.78 is 20.8. The Labute approximate surface area is 167 Å². The fraction of sp³-hybridized carbons (Fsp3) is 0.158. The molecular weight excluding hydrogens is 387 g/mol. The van der Waals surface area contributed by atoms with Gasteiger partial charge in [-0.3, -0.25) is 4.68 Å². The molecule has 27 heavy (non-hydrogen) atoms. The average molecular weight is 405 g/mol. The molecule has 0 fully saturated rings. The number of halogens is 2. The van der Waals surface area contributed by atoms with Gasteiger partial charge in [-0.2, -0.15) is 5.10 Å². The third-order valence-electron chi connectivity index (χ3n) is 3.88. The summed E-state index contributed by atoms with van der Waals surface area (Å²) in [5.74, 6) is 0.325. The van der Waals surface area contributed by atoms with Crippen molar-refractivity contribution in [3.8, 4) is 5.75 Å². The molecule has 1 heterocycles. The Bertz CT molecular complexity index is 956. The lowest BCUT2D eigenvalue weighted by Gasteiger charge is -2.13. The summed E-state index contributed by atoms with van der Waals surface area (Å²) in [6.07, 6.45) is 3.33. The number of nitrogens with zero attached hydrogens (tertiary/aromatic N) is 2. The monoisotopic (exact) mass is 404 g/mol. The summed E-state index contributed by atoms with van der Waals surface area (Å²) in [5.41, 5.74) is 2.90. The second-order valence-corrected chi connectivity index (χ2v) is 6.73. The predicted octanol–water partition coefficient (Wildman–Crippen LogP) is 4.85. The number of methoxy groups -OCH3 is 1. The van der Waals surface area contributed by atoms with E-state index < -0.39 is 0 Å². The van der Waals surface area contributed by atoms with Gasteiger partial charge in [-0.1, -0.05) is 23.7 Å². The number of hydrogen-bond donors (Lipinski definition) is 2. The van der Waals surface area contributed by atoms with E-state index in [1.807, 2.05) is 25.1 Å². The van der Waals surface area contributed by atoms with Crippen LogP contribution in [-0.4, -0.2) is 22.0 Å². The van der Waals surface area contributed by atoms with Crippen LogP contribution in [0.4, 0.5) is 15.8 Å². The molecule has 0 unspecified atom stereocenters. The topological polar surface area (TPSA) is 51.1 Å². The van der Waals surface area contributed by atoms with E-state index in [0.29, 0.717) is 27.1 Å². The third kappa shape index (κ3) is 4.75. The molecule has 0 radical (unpaired) electrons. The number of nitrogens with one attached hydrogen (secondary N) is 2. The smallest absolute Gasteiger partial charge is 0.175 e. The number of anilines is 2. The molecule has 3 aromatic rings. The van der Waals surface area contributed by atoms with Crippen LogP contribution in [0.25, 0.3) is 0 Å². The molecule has 140 valence electrons. The van der Waals surface area contributed by atoms with Gasteiger partial charge >= 0.3 is 0 Å². The zero-order valence-corrected chi connectivity index (χ0v) is 16.4. The van der Waals surface area contributed by atoms with Crippen molar-refractivity contribution >= 4 is 40.3 Å². The van der Waals surface area contributed by atoms with Gasteiger partial charge in [0.2, 0.25) is 0 Å². The Morgan fingerprint density at radius 1 is 1.30 bits per heavy atom. The summed E-state index contributed by atoms with van der Waals surface area (Å²) in [4.78, 5) is 0. The first-order valence-corrected chi connectivity index (χ1v) is 8.93. The first-order valence-electron chi connectivity index (χ1n) is 8.14. The fourth-order valence-electron chi connectivity index (χ4n) is 2.56. The number of hydrogen-bond acceptors (Lipinski definition) is 3. The molecule has 0 saturated heterocycles. The fourth-order valence-corrected chi connectivity index (χ4v) is 3.01. The quantitative estimate of drug-likeness (QED) is 0.595. The molecule has 3 rings (SSSR count). The van der Waals surface area contributed by atoms with Gasteiger partial charge in [0.05, 0.1) is 31.2 Å². The van der Waals surface area contributed by atoms with E-state index in [2.05, 4.69) is 15.7 Å². The molecule has 2 aromatic carbocycles. The lowest BCUT2D eigenvalue weighted by molar-refractivity contribution is 0.417. The Kier molecular flexibility index (Phi) is 5.93. The first-order chi connectivity index (χ1) is 13.0. The molecule has 0 bridgehead atoms. The van der Waals surface area contributed by atoms with Crippen LogP contribution in [0.15, 0.2) is 48.8 Å². The van der Waals surface area contributed by atoms with E-state index in [1.165, 1.54) is 6.07 Å². The van der Waals surface area contributed by atoms with Crippen LogP contribution in [0.1, 0.15) is 11.1 Å². The van der Waals surface area contributed by atoms with Gasteiger partial charge in [-0.25, -0.2) is 4.39 Å². The normalized spacial score (nSPS) is 10.5. The second kappa shape index (κ2) is 8.37. The standard InChI is InChI=1S/C19H18ClFN4OS/c1-12-6-7-18(26-2)17(8-12)24-19(27)23-13-9-22-25(10-13)11-14-15(20)4-3-5-16(14)21/h3-10H,11H2,1-2H3,(H2,23,24,27). The van der Waals surface area contributed by atoms with E-state index in [4.69, 9.17) is 28.6 Å². The van der Waals surface area contributed by atoms with Crippen LogP contribution < -0.4 is 15.4 Å². The second-order valence-electron chi connectivity index (χ2n) is 5.91. The number of rotatable bonds is 5. The van der Waals surface area contributed by atoms with Crippen molar-refractivity contribution in [3.05, 3.63) is 70.8 Å². The minimum absolute atomic E-state index is 0.221. The van der Waals surface area contributed by atoms with E-state index in [9.17, 15) is 4.39 Å². The van der Waals surface area contributed by atoms with Gasteiger partial charge < -0.3 is 15.4 Å². The van der Waals surface area contributed by atoms with Crippen molar-refractivity contribution in [2.24, 2.45) is 0 Å². The molecule has 0 saturated carbocycles. The molecule has 0 aliphatic heterocycles. The van der Waals surface area contributed by atoms with Crippen molar-refractivity contribution in [1.82, 2.24) is 9.78 Å². The lowest BCUT2D eigenvalue weighted by atomic mass is 10.2. The van der Waals surface area contributed by atoms with Gasteiger partial charge in [0.15, 0.2) is 5.11 Å². The summed E-state index contributed by atoms with van der Waals surface area (Å²) >= 11 is 11.4. The van der Waals surface area contributed by atoms with E-state index >= 15 is 0 Å². The van der Waals surface area contributed by atoms with Crippen molar-refractivity contribution in [1.29, 1.82) is 0 Å². The van der Waals surface area contributed by atoms with E-state index in [1.54, 1.807) is 36.3 Å². The maximum atomic E-state index is 13.9. The number of thiocarbonyl (C=S) groups is 1. The highest BCUT2D eigenvalue weighted by Crippen LogP contribution is 2.25. The minimum atomic E-state index is -0.365. The molecule has 2 N–H and O–H groups in total. The van der Waals surface area contributed by atoms with Crippen LogP contribution in [0.2, 0.25) is 5.02 Å². The summed E-state index contributed by atoms with van der Waals surface area (Å²) in [5, 5.41) is 11.1. The molecule has 0 spiro atoms. The minimum Gasteiger partial charge on any atom is -0.495 e. The summed E-state index contributed by atoms with van der Waals surface area (Å²) in [7, 11) is 1.60. The number of aryl methyl sites for hydroxylation is 1.